The van der Waals surface area contributed by atoms with Gasteiger partial charge in [-0.2, -0.15) is 0 Å². The highest BCUT2D eigenvalue weighted by Gasteiger charge is 2.32. The number of carbonyl (C=O) groups excluding carboxylic acids is 2. The summed E-state index contributed by atoms with van der Waals surface area (Å²) < 4.78 is 4.49. The van der Waals surface area contributed by atoms with Gasteiger partial charge < -0.3 is 4.74 Å². The molecule has 1 unspecified atom stereocenters. The Morgan fingerprint density at radius 2 is 2.12 bits per heavy atom. The fraction of sp³-hybridized carbons (Fsp3) is 0.286. The minimum Gasteiger partial charge on any atom is -0.393 e. The maximum Gasteiger partial charge on any atom is 0.317 e. The lowest BCUT2D eigenvalue weighted by atomic mass is 10.0. The SMILES string of the molecule is Cc1ccccc1/C=C/CC1CC(=O)OC1=O. The number of hydrogen-bond donors (Lipinski definition) is 0. The van der Waals surface area contributed by atoms with Crippen molar-refractivity contribution in [1.82, 2.24) is 0 Å². The number of benzene rings is 1. The molecule has 1 heterocycles. The number of carbonyl (C=O) groups is 2. The lowest BCUT2D eigenvalue weighted by molar-refractivity contribution is -0.153. The first kappa shape index (κ1) is 11.6. The highest BCUT2D eigenvalue weighted by molar-refractivity contribution is 5.94. The van der Waals surface area contributed by atoms with Gasteiger partial charge in [0.05, 0.1) is 12.3 Å². The molecular weight excluding hydrogens is 216 g/mol. The first-order chi connectivity index (χ1) is 8.16. The Kier molecular flexibility index (Phi) is 3.38. The lowest BCUT2D eigenvalue weighted by Crippen LogP contribution is -2.05. The van der Waals surface area contributed by atoms with Gasteiger partial charge in [0, 0.05) is 0 Å². The standard InChI is InChI=1S/C14H14O3/c1-10-5-2-3-6-11(10)7-4-8-12-9-13(15)17-14(12)16/h2-7,12H,8-9H2,1H3/b7-4+. The van der Waals surface area contributed by atoms with Crippen LogP contribution in [0.25, 0.3) is 6.08 Å². The fourth-order valence-corrected chi connectivity index (χ4v) is 1.83. The van der Waals surface area contributed by atoms with Crippen LogP contribution >= 0.6 is 0 Å². The van der Waals surface area contributed by atoms with Gasteiger partial charge in [0.15, 0.2) is 0 Å². The van der Waals surface area contributed by atoms with Gasteiger partial charge in [-0.25, -0.2) is 0 Å². The molecule has 0 radical (unpaired) electrons. The topological polar surface area (TPSA) is 43.4 Å². The predicted octanol–water partition coefficient (Wildman–Crippen LogP) is 2.49. The summed E-state index contributed by atoms with van der Waals surface area (Å²) in [6.07, 6.45) is 4.66. The highest BCUT2D eigenvalue weighted by Crippen LogP contribution is 2.20. The van der Waals surface area contributed by atoms with Crippen LogP contribution in [0.4, 0.5) is 0 Å². The van der Waals surface area contributed by atoms with Crippen molar-refractivity contribution in [3.05, 3.63) is 41.5 Å². The lowest BCUT2D eigenvalue weighted by Gasteiger charge is -2.00. The van der Waals surface area contributed by atoms with E-state index in [0.717, 1.165) is 5.56 Å². The summed E-state index contributed by atoms with van der Waals surface area (Å²) in [5.74, 6) is -1.11. The molecule has 1 fully saturated rings. The summed E-state index contributed by atoms with van der Waals surface area (Å²) in [5, 5.41) is 0. The van der Waals surface area contributed by atoms with Crippen molar-refractivity contribution in [3.8, 4) is 0 Å². The Bertz CT molecular complexity index is 474. The fourth-order valence-electron chi connectivity index (χ4n) is 1.83. The van der Waals surface area contributed by atoms with Crippen LogP contribution in [-0.4, -0.2) is 11.9 Å². The van der Waals surface area contributed by atoms with Crippen LogP contribution in [0.2, 0.25) is 0 Å². The van der Waals surface area contributed by atoms with Crippen LogP contribution in [0, 0.1) is 12.8 Å². The van der Waals surface area contributed by atoms with E-state index >= 15 is 0 Å². The van der Waals surface area contributed by atoms with Crippen LogP contribution < -0.4 is 0 Å². The monoisotopic (exact) mass is 230 g/mol. The van der Waals surface area contributed by atoms with Crippen molar-refractivity contribution in [2.45, 2.75) is 19.8 Å². The number of aryl methyl sites for hydroxylation is 1. The number of esters is 2. The van der Waals surface area contributed by atoms with Crippen molar-refractivity contribution in [2.75, 3.05) is 0 Å². The van der Waals surface area contributed by atoms with E-state index in [1.807, 2.05) is 43.3 Å². The quantitative estimate of drug-likeness (QED) is 0.592. The molecule has 0 N–H and O–H groups in total. The molecule has 3 nitrogen and oxygen atoms in total. The predicted molar refractivity (Wildman–Crippen MR) is 64.0 cm³/mol. The molecule has 1 saturated heterocycles. The normalized spacial score (nSPS) is 19.9. The van der Waals surface area contributed by atoms with E-state index in [-0.39, 0.29) is 12.3 Å². The molecule has 1 aromatic carbocycles. The minimum atomic E-state index is -0.413. The minimum absolute atomic E-state index is 0.205. The van der Waals surface area contributed by atoms with Crippen molar-refractivity contribution in [2.24, 2.45) is 5.92 Å². The average molecular weight is 230 g/mol. The van der Waals surface area contributed by atoms with Gasteiger partial charge >= 0.3 is 11.9 Å². The van der Waals surface area contributed by atoms with Gasteiger partial charge in [0.25, 0.3) is 0 Å². The Hall–Kier alpha value is -1.90. The van der Waals surface area contributed by atoms with Gasteiger partial charge in [0.2, 0.25) is 0 Å². The van der Waals surface area contributed by atoms with Crippen molar-refractivity contribution in [1.29, 1.82) is 0 Å². The van der Waals surface area contributed by atoms with Gasteiger partial charge in [0.1, 0.15) is 0 Å². The summed E-state index contributed by atoms with van der Waals surface area (Å²) in [5.41, 5.74) is 2.32. The van der Waals surface area contributed by atoms with E-state index in [2.05, 4.69) is 4.74 Å². The van der Waals surface area contributed by atoms with Crippen LogP contribution in [0.5, 0.6) is 0 Å². The van der Waals surface area contributed by atoms with Crippen molar-refractivity contribution in [3.63, 3.8) is 0 Å². The maximum atomic E-state index is 11.2. The molecule has 0 saturated carbocycles. The number of hydrogen-bond acceptors (Lipinski definition) is 3. The molecule has 0 aromatic heterocycles. The molecule has 0 aliphatic carbocycles. The Balaban J connectivity index is 1.97. The summed E-state index contributed by atoms with van der Waals surface area (Å²) in [6, 6.07) is 8.01. The summed E-state index contributed by atoms with van der Waals surface area (Å²) in [6.45, 7) is 2.03. The second-order valence-electron chi connectivity index (χ2n) is 4.19. The molecule has 0 amide bonds. The summed E-state index contributed by atoms with van der Waals surface area (Å²) in [4.78, 5) is 22.1. The molecule has 1 atom stereocenters. The maximum absolute atomic E-state index is 11.2. The number of allylic oxidation sites excluding steroid dienone is 1. The van der Waals surface area contributed by atoms with Gasteiger partial charge in [-0.15, -0.1) is 0 Å². The molecule has 17 heavy (non-hydrogen) atoms. The zero-order valence-corrected chi connectivity index (χ0v) is 9.68. The molecule has 3 heteroatoms. The van der Waals surface area contributed by atoms with E-state index in [4.69, 9.17) is 0 Å². The third kappa shape index (κ3) is 2.81. The van der Waals surface area contributed by atoms with E-state index in [1.165, 1.54) is 5.56 Å². The van der Waals surface area contributed by atoms with E-state index in [1.54, 1.807) is 0 Å². The molecule has 2 rings (SSSR count). The van der Waals surface area contributed by atoms with Crippen molar-refractivity contribution >= 4 is 18.0 Å². The third-order valence-electron chi connectivity index (χ3n) is 2.87. The largest absolute Gasteiger partial charge is 0.393 e. The van der Waals surface area contributed by atoms with Gasteiger partial charge in [-0.3, -0.25) is 9.59 Å². The first-order valence-electron chi connectivity index (χ1n) is 5.63. The van der Waals surface area contributed by atoms with Crippen LogP contribution in [0.15, 0.2) is 30.3 Å². The van der Waals surface area contributed by atoms with E-state index in [9.17, 15) is 9.59 Å². The Morgan fingerprint density at radius 3 is 2.76 bits per heavy atom. The number of cyclic esters (lactones) is 2. The molecular formula is C14H14O3. The molecule has 88 valence electrons. The summed E-state index contributed by atoms with van der Waals surface area (Å²) in [7, 11) is 0. The molecule has 0 bridgehead atoms. The Morgan fingerprint density at radius 1 is 1.35 bits per heavy atom. The zero-order valence-electron chi connectivity index (χ0n) is 9.68. The Labute approximate surface area is 100 Å². The molecule has 1 aromatic rings. The zero-order chi connectivity index (χ0) is 12.3. The second-order valence-corrected chi connectivity index (χ2v) is 4.19. The average Bonchev–Trinajstić information content (AvgIpc) is 2.60. The van der Waals surface area contributed by atoms with Crippen LogP contribution in [0.1, 0.15) is 24.0 Å². The highest BCUT2D eigenvalue weighted by atomic mass is 16.6. The molecule has 1 aliphatic rings. The third-order valence-corrected chi connectivity index (χ3v) is 2.87. The summed E-state index contributed by atoms with van der Waals surface area (Å²) >= 11 is 0. The second kappa shape index (κ2) is 4.95. The molecule has 1 aliphatic heterocycles. The smallest absolute Gasteiger partial charge is 0.317 e. The number of ether oxygens (including phenoxy) is 1. The van der Waals surface area contributed by atoms with Crippen LogP contribution in [0.3, 0.4) is 0 Å². The van der Waals surface area contributed by atoms with E-state index in [0.29, 0.717) is 6.42 Å². The number of rotatable bonds is 3. The molecule has 0 spiro atoms. The first-order valence-corrected chi connectivity index (χ1v) is 5.63. The van der Waals surface area contributed by atoms with Gasteiger partial charge in [-0.05, 0) is 24.5 Å². The van der Waals surface area contributed by atoms with Crippen LogP contribution in [-0.2, 0) is 14.3 Å². The van der Waals surface area contributed by atoms with E-state index < -0.39 is 11.9 Å². The van der Waals surface area contributed by atoms with Crippen molar-refractivity contribution < 1.29 is 14.3 Å². The van der Waals surface area contributed by atoms with Gasteiger partial charge in [-0.1, -0.05) is 36.4 Å².